The summed E-state index contributed by atoms with van der Waals surface area (Å²) in [7, 11) is 0. The van der Waals surface area contributed by atoms with Crippen molar-refractivity contribution < 1.29 is 0 Å². The van der Waals surface area contributed by atoms with E-state index in [1.165, 1.54) is 78.8 Å². The smallest absolute Gasteiger partial charge is 0.0718 e. The molecular formula is C30H20S18. The molecule has 0 spiro atoms. The second-order valence-corrected chi connectivity index (χ2v) is 30.9. The van der Waals surface area contributed by atoms with Crippen LogP contribution in [0.2, 0.25) is 0 Å². The third-order valence-electron chi connectivity index (χ3n) is 6.20. The number of hydrogen-bond donors (Lipinski definition) is 0. The molecule has 0 fully saturated rings. The quantitative estimate of drug-likeness (QED) is 0.246. The maximum atomic E-state index is 2.37. The molecule has 6 aliphatic heterocycles. The normalized spacial score (nSPS) is 20.9. The molecule has 0 atom stereocenters. The molecule has 48 heavy (non-hydrogen) atoms. The van der Waals surface area contributed by atoms with E-state index in [1.54, 1.807) is 0 Å². The summed E-state index contributed by atoms with van der Waals surface area (Å²) in [6.45, 7) is 0. The van der Waals surface area contributed by atoms with Crippen molar-refractivity contribution in [2.24, 2.45) is 0 Å². The molecule has 0 bridgehead atoms. The molecule has 8 heterocycles. The van der Waals surface area contributed by atoms with Gasteiger partial charge >= 0.3 is 0 Å². The van der Waals surface area contributed by atoms with Crippen LogP contribution in [0.15, 0.2) is 83.6 Å². The van der Waals surface area contributed by atoms with Gasteiger partial charge in [0.15, 0.2) is 0 Å². The first-order valence-electron chi connectivity index (χ1n) is 13.5. The Morgan fingerprint density at radius 3 is 0.812 bits per heavy atom. The van der Waals surface area contributed by atoms with E-state index in [0.717, 1.165) is 0 Å². The fraction of sp³-hybridized carbons (Fsp3) is 0.133. The first-order valence-corrected chi connectivity index (χ1v) is 29.9. The Hall–Kier alpha value is 2.66. The van der Waals surface area contributed by atoms with E-state index in [1.807, 2.05) is 211 Å². The Balaban J connectivity index is 0.834. The van der Waals surface area contributed by atoms with Gasteiger partial charge in [-0.15, -0.1) is 69.7 Å². The van der Waals surface area contributed by atoms with Gasteiger partial charge in [0.05, 0.1) is 59.3 Å². The highest BCUT2D eigenvalue weighted by atomic mass is 32.3. The zero-order chi connectivity index (χ0) is 32.8. The Bertz CT molecular complexity index is 1750. The minimum atomic E-state index is 1.33. The molecule has 248 valence electrons. The third kappa shape index (κ3) is 8.71. The van der Waals surface area contributed by atoms with Gasteiger partial charge in [0, 0.05) is 19.5 Å². The molecular weight excluding hydrogens is 938 g/mol. The van der Waals surface area contributed by atoms with Crippen LogP contribution in [0, 0.1) is 0 Å². The van der Waals surface area contributed by atoms with Crippen LogP contribution in [-0.4, -0.2) is 25.0 Å². The molecule has 0 unspecified atom stereocenters. The van der Waals surface area contributed by atoms with Crippen LogP contribution in [0.5, 0.6) is 0 Å². The van der Waals surface area contributed by atoms with E-state index >= 15 is 0 Å². The summed E-state index contributed by atoms with van der Waals surface area (Å²) in [5.41, 5.74) is 0. The molecule has 2 aromatic rings. The van der Waals surface area contributed by atoms with E-state index in [0.29, 0.717) is 0 Å². The van der Waals surface area contributed by atoms with Gasteiger partial charge in [-0.3, -0.25) is 0 Å². The highest BCUT2D eigenvalue weighted by Gasteiger charge is 2.37. The minimum Gasteiger partial charge on any atom is -0.136 e. The Morgan fingerprint density at radius 2 is 0.562 bits per heavy atom. The van der Waals surface area contributed by atoms with Crippen molar-refractivity contribution in [2.75, 3.05) is 25.0 Å². The first-order chi connectivity index (χ1) is 23.5. The van der Waals surface area contributed by atoms with Crippen molar-refractivity contribution in [1.82, 2.24) is 0 Å². The van der Waals surface area contributed by atoms with E-state index in [2.05, 4.69) is 73.6 Å². The lowest BCUT2D eigenvalue weighted by Crippen LogP contribution is -1.72. The second kappa shape index (κ2) is 17.2. The van der Waals surface area contributed by atoms with E-state index in [9.17, 15) is 0 Å². The molecule has 8 rings (SSSR count). The minimum absolute atomic E-state index is 1.33. The molecule has 0 aliphatic carbocycles. The van der Waals surface area contributed by atoms with Gasteiger partial charge in [0.25, 0.3) is 0 Å². The zero-order valence-electron chi connectivity index (χ0n) is 25.0. The van der Waals surface area contributed by atoms with Gasteiger partial charge in [-0.2, -0.15) is 0 Å². The van der Waals surface area contributed by atoms with Crippen molar-refractivity contribution >= 4 is 235 Å². The van der Waals surface area contributed by atoms with Crippen LogP contribution in [0.4, 0.5) is 0 Å². The maximum absolute atomic E-state index is 2.37. The molecule has 0 N–H and O–H groups in total. The topological polar surface area (TPSA) is 0 Å². The molecule has 6 aliphatic rings. The predicted molar refractivity (Wildman–Crippen MR) is 261 cm³/mol. The lowest BCUT2D eigenvalue weighted by molar-refractivity contribution is 1.92. The van der Waals surface area contributed by atoms with Crippen molar-refractivity contribution in [3.63, 3.8) is 0 Å². The highest BCUT2D eigenvalue weighted by Crippen LogP contribution is 2.73. The number of rotatable bonds is 8. The summed E-state index contributed by atoms with van der Waals surface area (Å²) in [5.74, 6) is 0. The van der Waals surface area contributed by atoms with E-state index in [4.69, 9.17) is 0 Å². The highest BCUT2D eigenvalue weighted by molar-refractivity contribution is 8.51. The number of hydrogen-bond acceptors (Lipinski definition) is 18. The Kier molecular flexibility index (Phi) is 13.5. The lowest BCUT2D eigenvalue weighted by atomic mass is 10.4. The monoisotopic (exact) mass is 956 g/mol. The molecule has 0 saturated carbocycles. The summed E-state index contributed by atoms with van der Waals surface area (Å²) in [4.78, 5) is 5.32. The van der Waals surface area contributed by atoms with Gasteiger partial charge in [-0.25, -0.2) is 0 Å². The average Bonchev–Trinajstić information content (AvgIpc) is 3.91. The van der Waals surface area contributed by atoms with Crippen molar-refractivity contribution in [2.45, 2.75) is 0 Å². The van der Waals surface area contributed by atoms with Gasteiger partial charge in [0.2, 0.25) is 0 Å². The largest absolute Gasteiger partial charge is 0.136 e. The van der Waals surface area contributed by atoms with Crippen LogP contribution in [0.1, 0.15) is 19.5 Å². The van der Waals surface area contributed by atoms with Crippen molar-refractivity contribution in [3.05, 3.63) is 103 Å². The zero-order valence-corrected chi connectivity index (χ0v) is 39.7. The Labute approximate surface area is 358 Å². The van der Waals surface area contributed by atoms with Crippen molar-refractivity contribution in [1.29, 1.82) is 0 Å². The summed E-state index contributed by atoms with van der Waals surface area (Å²) in [6.07, 6.45) is 18.1. The van der Waals surface area contributed by atoms with Crippen LogP contribution in [0.3, 0.4) is 0 Å². The van der Waals surface area contributed by atoms with Crippen LogP contribution >= 0.6 is 211 Å². The SMILES string of the molecule is CSC1=C(SC)SC(=Cc2ccc(C=C3SC4=C(S3)SC(=C3SC5=C(SC(=Cc6ccc(C=C7SC(SC)=C(SC)S7)s6)S5)S3)S4)s2)S1. The fourth-order valence-corrected chi connectivity index (χ4v) is 29.3. The van der Waals surface area contributed by atoms with Crippen molar-refractivity contribution in [3.8, 4) is 0 Å². The summed E-state index contributed by atoms with van der Waals surface area (Å²) >= 11 is 34.5. The average molecular weight is 958 g/mol. The van der Waals surface area contributed by atoms with Crippen LogP contribution in [-0.2, 0) is 0 Å². The summed E-state index contributed by atoms with van der Waals surface area (Å²) in [5, 5.41) is 0. The van der Waals surface area contributed by atoms with Crippen LogP contribution < -0.4 is 0 Å². The van der Waals surface area contributed by atoms with E-state index in [-0.39, 0.29) is 0 Å². The fourth-order valence-electron chi connectivity index (χ4n) is 4.19. The number of thioether (sulfide) groups is 16. The molecule has 0 aromatic carbocycles. The predicted octanol–water partition coefficient (Wildman–Crippen LogP) is 17.7. The summed E-state index contributed by atoms with van der Waals surface area (Å²) in [6, 6.07) is 9.07. The molecule has 0 saturated heterocycles. The second-order valence-electron chi connectivity index (χ2n) is 9.25. The third-order valence-corrected chi connectivity index (χ3v) is 29.8. The van der Waals surface area contributed by atoms with E-state index < -0.39 is 0 Å². The molecule has 18 heteroatoms. The molecule has 0 radical (unpaired) electrons. The lowest BCUT2D eigenvalue weighted by Gasteiger charge is -2.07. The Morgan fingerprint density at radius 1 is 0.333 bits per heavy atom. The van der Waals surface area contributed by atoms with Gasteiger partial charge < -0.3 is 0 Å². The number of thiophene rings is 2. The molecule has 0 nitrogen and oxygen atoms in total. The van der Waals surface area contributed by atoms with Gasteiger partial charge in [-0.1, -0.05) is 141 Å². The molecule has 0 amide bonds. The molecule has 2 aromatic heterocycles. The first kappa shape index (κ1) is 37.6. The van der Waals surface area contributed by atoms with Gasteiger partial charge in [0.1, 0.15) is 0 Å². The summed E-state index contributed by atoms with van der Waals surface area (Å²) < 4.78 is 20.0. The van der Waals surface area contributed by atoms with Gasteiger partial charge in [-0.05, 0) is 73.6 Å². The standard InChI is InChI=1S/C30H20S18/c1-31-21-22(32-2)38-17(37-21)9-13-5-7-15(35-13)11-19-41-25-26(42-19)46-29(45-25)30-47-27-28(48-30)44-20(43-27)12-16-8-6-14(36-16)10-18-39-23(33-3)24(34-4)40-18/h5-12H,1-4H3. The maximum Gasteiger partial charge on any atom is 0.0718 e. The van der Waals surface area contributed by atoms with Crippen LogP contribution in [0.25, 0.3) is 24.3 Å².